The molecular formula is C33H39N7O4. The van der Waals surface area contributed by atoms with E-state index in [-0.39, 0.29) is 36.0 Å². The highest BCUT2D eigenvalue weighted by Crippen LogP contribution is 2.43. The summed E-state index contributed by atoms with van der Waals surface area (Å²) in [5.74, 6) is 1.45. The molecule has 4 aromatic heterocycles. The van der Waals surface area contributed by atoms with Crippen molar-refractivity contribution in [2.45, 2.75) is 76.7 Å². The number of hydrogen-bond donors (Lipinski definition) is 2. The monoisotopic (exact) mass is 597 g/mol. The van der Waals surface area contributed by atoms with Crippen molar-refractivity contribution in [2.75, 3.05) is 20.3 Å². The third kappa shape index (κ3) is 4.39. The summed E-state index contributed by atoms with van der Waals surface area (Å²) in [6, 6.07) is 10.0. The highest BCUT2D eigenvalue weighted by molar-refractivity contribution is 5.97. The van der Waals surface area contributed by atoms with E-state index in [0.717, 1.165) is 66.0 Å². The Morgan fingerprint density at radius 2 is 2.00 bits per heavy atom. The highest BCUT2D eigenvalue weighted by Gasteiger charge is 2.47. The van der Waals surface area contributed by atoms with Crippen LogP contribution in [0.15, 0.2) is 30.3 Å². The molecule has 230 valence electrons. The van der Waals surface area contributed by atoms with Crippen LogP contribution in [-0.4, -0.2) is 74.1 Å². The van der Waals surface area contributed by atoms with Gasteiger partial charge in [-0.2, -0.15) is 0 Å². The van der Waals surface area contributed by atoms with Crippen molar-refractivity contribution in [3.8, 4) is 17.3 Å². The lowest BCUT2D eigenvalue weighted by atomic mass is 9.97. The summed E-state index contributed by atoms with van der Waals surface area (Å²) in [7, 11) is 1.63. The topological polar surface area (TPSA) is 129 Å². The molecule has 6 atom stereocenters. The van der Waals surface area contributed by atoms with Crippen LogP contribution in [0.2, 0.25) is 0 Å². The van der Waals surface area contributed by atoms with Gasteiger partial charge in [-0.1, -0.05) is 0 Å². The van der Waals surface area contributed by atoms with E-state index in [1.165, 1.54) is 0 Å². The number of rotatable bonds is 3. The minimum Gasteiger partial charge on any atom is -0.482 e. The fraction of sp³-hybridized carbons (Fsp3) is 0.515. The minimum atomic E-state index is -0.229. The lowest BCUT2D eigenvalue weighted by Gasteiger charge is -2.23. The normalized spacial score (nSPS) is 28.4. The number of pyridine rings is 2. The first-order valence-electron chi connectivity index (χ1n) is 15.8. The number of aryl methyl sites for hydroxylation is 1. The van der Waals surface area contributed by atoms with Crippen LogP contribution in [0.1, 0.15) is 66.8 Å². The number of nitrogens with zero attached hydrogens (tertiary/aromatic N) is 5. The molecule has 0 spiro atoms. The van der Waals surface area contributed by atoms with Crippen LogP contribution in [-0.2, 0) is 16.1 Å². The molecule has 0 unspecified atom stereocenters. The van der Waals surface area contributed by atoms with Crippen molar-refractivity contribution in [1.29, 1.82) is 0 Å². The summed E-state index contributed by atoms with van der Waals surface area (Å²) in [5, 5.41) is 4.08. The van der Waals surface area contributed by atoms with Crippen molar-refractivity contribution >= 4 is 28.5 Å². The Balaban J connectivity index is 1.23. The summed E-state index contributed by atoms with van der Waals surface area (Å²) in [4.78, 5) is 38.5. The third-order valence-electron chi connectivity index (χ3n) is 10.3. The van der Waals surface area contributed by atoms with Gasteiger partial charge in [0.1, 0.15) is 17.0 Å². The molecule has 3 aliphatic heterocycles. The van der Waals surface area contributed by atoms with Gasteiger partial charge < -0.3 is 30.0 Å². The van der Waals surface area contributed by atoms with Gasteiger partial charge in [-0.15, -0.1) is 0 Å². The van der Waals surface area contributed by atoms with E-state index in [1.807, 2.05) is 41.3 Å². The SMILES string of the molecule is COc1cc(C(=O)N2[C@H]3CC[C@@H]2[C@H](N)C3)cc2nc(-c3cc4ccc5nc4n3C[C@@H]3C[C@@H]3COCCC(=O)N[C@@H]5C)c(C)n12. The molecular weight excluding hydrogens is 558 g/mol. The van der Waals surface area contributed by atoms with E-state index in [1.54, 1.807) is 7.11 Å². The van der Waals surface area contributed by atoms with Crippen LogP contribution < -0.4 is 15.8 Å². The lowest BCUT2D eigenvalue weighted by Crippen LogP contribution is -2.40. The number of carbonyl (C=O) groups is 2. The minimum absolute atomic E-state index is 0.00402. The number of hydrogen-bond acceptors (Lipinski definition) is 7. The molecule has 8 rings (SSSR count). The Kier molecular flexibility index (Phi) is 6.46. The highest BCUT2D eigenvalue weighted by atomic mass is 16.5. The van der Waals surface area contributed by atoms with E-state index >= 15 is 0 Å². The Labute approximate surface area is 255 Å². The average molecular weight is 598 g/mol. The van der Waals surface area contributed by atoms with Crippen LogP contribution in [0.4, 0.5) is 0 Å². The first kappa shape index (κ1) is 27.6. The second kappa shape index (κ2) is 10.3. The smallest absolute Gasteiger partial charge is 0.254 e. The second-order valence-corrected chi connectivity index (χ2v) is 13.1. The zero-order chi connectivity index (χ0) is 30.3. The predicted octanol–water partition coefficient (Wildman–Crippen LogP) is 3.61. The standard InChI is InChI=1S/C33H39N7O4/c1-17-25-6-4-19-11-27(38(32(19)36-25)15-21-10-22(21)16-44-9-8-29(41)35-17)31-18(2)39-28(37-31)12-20(13-30(39)43-3)33(42)40-23-5-7-26(40)24(34)14-23/h4,6,11-13,17,21-24,26H,5,7-10,14-16,34H2,1-3H3,(H,35,41)/t17-,21+,22-,23+,24-,26-/m1/s1. The van der Waals surface area contributed by atoms with Crippen molar-refractivity contribution in [2.24, 2.45) is 17.6 Å². The molecule has 3 N–H and O–H groups in total. The van der Waals surface area contributed by atoms with Gasteiger partial charge in [-0.25, -0.2) is 9.97 Å². The van der Waals surface area contributed by atoms with Crippen LogP contribution in [0.25, 0.3) is 28.1 Å². The van der Waals surface area contributed by atoms with Gasteiger partial charge in [0.25, 0.3) is 5.91 Å². The zero-order valence-electron chi connectivity index (χ0n) is 25.5. The molecule has 1 aliphatic carbocycles. The van der Waals surface area contributed by atoms with Gasteiger partial charge in [0.15, 0.2) is 5.88 Å². The quantitative estimate of drug-likeness (QED) is 0.369. The lowest BCUT2D eigenvalue weighted by molar-refractivity contribution is -0.122. The second-order valence-electron chi connectivity index (χ2n) is 13.1. The number of methoxy groups -OCH3 is 1. The van der Waals surface area contributed by atoms with Gasteiger partial charge in [0.05, 0.1) is 36.8 Å². The molecule has 4 aromatic rings. The van der Waals surface area contributed by atoms with Gasteiger partial charge in [-0.05, 0) is 75.6 Å². The van der Waals surface area contributed by atoms with Gasteiger partial charge in [0, 0.05) is 54.7 Å². The van der Waals surface area contributed by atoms with Gasteiger partial charge in [-0.3, -0.25) is 14.0 Å². The summed E-state index contributed by atoms with van der Waals surface area (Å²) >= 11 is 0. The summed E-state index contributed by atoms with van der Waals surface area (Å²) in [5.41, 5.74) is 12.0. The fourth-order valence-corrected chi connectivity index (χ4v) is 7.82. The molecule has 7 heterocycles. The molecule has 44 heavy (non-hydrogen) atoms. The van der Waals surface area contributed by atoms with E-state index in [0.29, 0.717) is 48.6 Å². The predicted molar refractivity (Wildman–Crippen MR) is 164 cm³/mol. The van der Waals surface area contributed by atoms with Crippen molar-refractivity contribution in [3.05, 3.63) is 47.3 Å². The van der Waals surface area contributed by atoms with Crippen LogP contribution >= 0.6 is 0 Å². The maximum atomic E-state index is 13.8. The molecule has 4 aliphatic rings. The number of nitrogens with two attached hydrogens (primary N) is 1. The number of ether oxygens (including phenoxy) is 2. The van der Waals surface area contributed by atoms with Crippen LogP contribution in [0.5, 0.6) is 5.88 Å². The Morgan fingerprint density at radius 3 is 2.77 bits per heavy atom. The van der Waals surface area contributed by atoms with E-state index in [4.69, 9.17) is 25.2 Å². The Morgan fingerprint density at radius 1 is 1.14 bits per heavy atom. The van der Waals surface area contributed by atoms with Gasteiger partial charge in [0.2, 0.25) is 5.91 Å². The molecule has 4 bridgehead atoms. The van der Waals surface area contributed by atoms with Crippen molar-refractivity contribution in [1.82, 2.24) is 29.2 Å². The molecule has 2 saturated heterocycles. The Hall–Kier alpha value is -3.96. The molecule has 3 fully saturated rings. The molecule has 1 saturated carbocycles. The maximum Gasteiger partial charge on any atom is 0.254 e. The van der Waals surface area contributed by atoms with E-state index < -0.39 is 0 Å². The van der Waals surface area contributed by atoms with Crippen molar-refractivity contribution < 1.29 is 19.1 Å². The Bertz CT molecular complexity index is 1810. The molecule has 11 nitrogen and oxygen atoms in total. The molecule has 2 amide bonds. The first-order valence-corrected chi connectivity index (χ1v) is 15.8. The number of aromatic nitrogens is 4. The third-order valence-corrected chi connectivity index (χ3v) is 10.3. The largest absolute Gasteiger partial charge is 0.482 e. The van der Waals surface area contributed by atoms with Crippen LogP contribution in [0, 0.1) is 18.8 Å². The number of fused-ring (bicyclic) bond motifs is 5. The van der Waals surface area contributed by atoms with E-state index in [2.05, 4.69) is 22.0 Å². The molecule has 0 radical (unpaired) electrons. The fourth-order valence-electron chi connectivity index (χ4n) is 7.82. The maximum absolute atomic E-state index is 13.8. The zero-order valence-corrected chi connectivity index (χ0v) is 25.5. The number of carbonyl (C=O) groups excluding carboxylic acids is 2. The number of nitrogens with one attached hydrogen (secondary N) is 1. The van der Waals surface area contributed by atoms with Crippen LogP contribution in [0.3, 0.4) is 0 Å². The summed E-state index contributed by atoms with van der Waals surface area (Å²) in [6.45, 7) is 5.88. The average Bonchev–Trinajstić information content (AvgIpc) is 3.27. The summed E-state index contributed by atoms with van der Waals surface area (Å²) < 4.78 is 16.0. The molecule has 11 heteroatoms. The summed E-state index contributed by atoms with van der Waals surface area (Å²) in [6.07, 6.45) is 4.26. The number of amides is 2. The number of imidazole rings is 1. The van der Waals surface area contributed by atoms with E-state index in [9.17, 15) is 9.59 Å². The van der Waals surface area contributed by atoms with Gasteiger partial charge >= 0.3 is 0 Å². The molecule has 0 aromatic carbocycles. The first-order chi connectivity index (χ1) is 21.3. The van der Waals surface area contributed by atoms with Crippen molar-refractivity contribution in [3.63, 3.8) is 0 Å².